The van der Waals surface area contributed by atoms with Crippen molar-refractivity contribution in [3.63, 3.8) is 0 Å². The molecule has 14 nitrogen and oxygen atoms in total. The summed E-state index contributed by atoms with van der Waals surface area (Å²) in [6, 6.07) is 10.2. The Labute approximate surface area is 245 Å². The van der Waals surface area contributed by atoms with Crippen LogP contribution in [-0.2, 0) is 18.4 Å². The van der Waals surface area contributed by atoms with Gasteiger partial charge in [0, 0.05) is 52.4 Å². The molecule has 1 fully saturated rings. The molecule has 1 aliphatic rings. The van der Waals surface area contributed by atoms with E-state index in [1.54, 1.807) is 46.7 Å². The maximum Gasteiger partial charge on any atom is 0.330 e. The van der Waals surface area contributed by atoms with Crippen LogP contribution in [0.4, 0.5) is 16.0 Å². The number of anilines is 2. The van der Waals surface area contributed by atoms with Crippen molar-refractivity contribution in [3.8, 4) is 17.2 Å². The molecule has 226 valence electrons. The predicted molar refractivity (Wildman–Crippen MR) is 158 cm³/mol. The van der Waals surface area contributed by atoms with Crippen molar-refractivity contribution in [3.05, 3.63) is 59.0 Å². The lowest BCUT2D eigenvalue weighted by Gasteiger charge is -2.36. The number of carbonyl (C=O) groups excluding carboxylic acids is 1. The molecule has 4 aromatic heterocycles. The lowest BCUT2D eigenvalue weighted by molar-refractivity contribution is -0.119. The van der Waals surface area contributed by atoms with E-state index < -0.39 is 0 Å². The van der Waals surface area contributed by atoms with Gasteiger partial charge in [0.15, 0.2) is 11.4 Å². The molecule has 0 bridgehead atoms. The molecule has 0 radical (unpaired) electrons. The number of fused-ring (bicyclic) bond motifs is 3. The van der Waals surface area contributed by atoms with E-state index in [0.29, 0.717) is 78.8 Å². The number of nitrogens with one attached hydrogen (secondary N) is 1. The van der Waals surface area contributed by atoms with Crippen molar-refractivity contribution in [1.82, 2.24) is 33.9 Å². The third-order valence-electron chi connectivity index (χ3n) is 7.63. The Kier molecular flexibility index (Phi) is 7.73. The molecule has 1 amide bonds. The minimum Gasteiger partial charge on any atom is -0.492 e. The number of hydrogen-bond donors (Lipinski definition) is 3. The monoisotopic (exact) mass is 592 g/mol. The third kappa shape index (κ3) is 5.51. The summed E-state index contributed by atoms with van der Waals surface area (Å²) in [4.78, 5) is 33.2. The van der Waals surface area contributed by atoms with Crippen molar-refractivity contribution < 1.29 is 18.3 Å². The molecule has 0 unspecified atom stereocenters. The van der Waals surface area contributed by atoms with Gasteiger partial charge in [-0.3, -0.25) is 18.8 Å². The summed E-state index contributed by atoms with van der Waals surface area (Å²) in [6.07, 6.45) is 1.57. The number of nitrogen functional groups attached to an aromatic ring is 1. The molecule has 1 saturated heterocycles. The first kappa shape index (κ1) is 28.2. The molecule has 1 aromatic carbocycles. The van der Waals surface area contributed by atoms with E-state index in [1.807, 2.05) is 11.0 Å². The standard InChI is InChI=1S/C28H33FN10O4/c1-35-25-22-16-20(23-3-2-13-43-23)34-39(22)27(31)33-26(25)38(28(35)41)12-9-36-7-10-37(11-8-36)21-5-4-18(15-19(21)29)42-14-6-32-24(40)17-30/h2-5,13,15-16H,6-12,14,17,30H2,1H3,(H2,31,33)(H,32,40). The highest BCUT2D eigenvalue weighted by Crippen LogP contribution is 2.27. The number of benzene rings is 1. The van der Waals surface area contributed by atoms with Crippen LogP contribution in [0.25, 0.3) is 28.1 Å². The van der Waals surface area contributed by atoms with Crippen molar-refractivity contribution in [2.45, 2.75) is 6.54 Å². The SMILES string of the molecule is Cn1c(=O)n(CCN2CCN(c3ccc(OCCNC(=O)CN)cc3F)CC2)c2nc(N)n3nc(-c4ccco4)cc3c21. The zero-order chi connectivity index (χ0) is 30.1. The Morgan fingerprint density at radius 2 is 1.98 bits per heavy atom. The average Bonchev–Trinajstić information content (AvgIpc) is 3.75. The van der Waals surface area contributed by atoms with E-state index in [-0.39, 0.29) is 43.1 Å². The number of carbonyl (C=O) groups is 1. The molecule has 5 heterocycles. The second kappa shape index (κ2) is 11.8. The van der Waals surface area contributed by atoms with Crippen LogP contribution in [0, 0.1) is 5.82 Å². The lowest BCUT2D eigenvalue weighted by atomic mass is 10.2. The number of furan rings is 1. The minimum atomic E-state index is -0.371. The van der Waals surface area contributed by atoms with Crippen LogP contribution < -0.4 is 32.1 Å². The number of ether oxygens (including phenoxy) is 1. The summed E-state index contributed by atoms with van der Waals surface area (Å²) in [5, 5.41) is 7.12. The zero-order valence-corrected chi connectivity index (χ0v) is 23.7. The number of halogens is 1. The van der Waals surface area contributed by atoms with Gasteiger partial charge >= 0.3 is 5.69 Å². The summed E-state index contributed by atoms with van der Waals surface area (Å²) < 4.78 is 30.7. The molecule has 1 aliphatic heterocycles. The second-order valence-electron chi connectivity index (χ2n) is 10.3. The van der Waals surface area contributed by atoms with Gasteiger partial charge < -0.3 is 30.8 Å². The summed E-state index contributed by atoms with van der Waals surface area (Å²) in [5.41, 5.74) is 14.2. The Morgan fingerprint density at radius 3 is 2.70 bits per heavy atom. The van der Waals surface area contributed by atoms with Crippen molar-refractivity contribution in [1.29, 1.82) is 0 Å². The molecule has 43 heavy (non-hydrogen) atoms. The van der Waals surface area contributed by atoms with Crippen LogP contribution in [0.5, 0.6) is 5.75 Å². The second-order valence-corrected chi connectivity index (χ2v) is 10.3. The first-order valence-corrected chi connectivity index (χ1v) is 14.0. The fourth-order valence-electron chi connectivity index (χ4n) is 5.39. The highest BCUT2D eigenvalue weighted by atomic mass is 19.1. The topological polar surface area (TPSA) is 167 Å². The quantitative estimate of drug-likeness (QED) is 0.196. The number of aryl methyl sites for hydroxylation is 1. The number of hydrogen-bond acceptors (Lipinski definition) is 10. The smallest absolute Gasteiger partial charge is 0.330 e. The summed E-state index contributed by atoms with van der Waals surface area (Å²) >= 11 is 0. The Morgan fingerprint density at radius 1 is 1.16 bits per heavy atom. The molecule has 0 aliphatic carbocycles. The summed E-state index contributed by atoms with van der Waals surface area (Å²) in [5.74, 6) is 0.511. The number of nitrogens with zero attached hydrogens (tertiary/aromatic N) is 7. The summed E-state index contributed by atoms with van der Waals surface area (Å²) in [6.45, 7) is 4.11. The predicted octanol–water partition coefficient (Wildman–Crippen LogP) is 0.640. The molecule has 0 spiro atoms. The highest BCUT2D eigenvalue weighted by Gasteiger charge is 2.23. The van der Waals surface area contributed by atoms with Gasteiger partial charge in [0.25, 0.3) is 0 Å². The van der Waals surface area contributed by atoms with Gasteiger partial charge in [-0.2, -0.15) is 14.6 Å². The normalized spacial score (nSPS) is 14.2. The third-order valence-corrected chi connectivity index (χ3v) is 7.63. The maximum absolute atomic E-state index is 14.9. The maximum atomic E-state index is 14.9. The number of imidazole rings is 1. The first-order valence-electron chi connectivity index (χ1n) is 14.0. The van der Waals surface area contributed by atoms with Crippen LogP contribution in [0.1, 0.15) is 0 Å². The summed E-state index contributed by atoms with van der Waals surface area (Å²) in [7, 11) is 1.71. The number of piperazine rings is 1. The van der Waals surface area contributed by atoms with Gasteiger partial charge in [0.1, 0.15) is 29.4 Å². The Balaban J connectivity index is 1.10. The fourth-order valence-corrected chi connectivity index (χ4v) is 5.39. The molecular formula is C28H33FN10O4. The molecule has 6 rings (SSSR count). The van der Waals surface area contributed by atoms with E-state index >= 15 is 0 Å². The van der Waals surface area contributed by atoms with Crippen LogP contribution >= 0.6 is 0 Å². The first-order chi connectivity index (χ1) is 20.8. The van der Waals surface area contributed by atoms with Crippen LogP contribution in [0.3, 0.4) is 0 Å². The lowest BCUT2D eigenvalue weighted by Crippen LogP contribution is -2.47. The van der Waals surface area contributed by atoms with Gasteiger partial charge in [-0.25, -0.2) is 9.18 Å². The van der Waals surface area contributed by atoms with E-state index in [0.717, 1.165) is 0 Å². The number of nitrogens with two attached hydrogens (primary N) is 2. The average molecular weight is 593 g/mol. The van der Waals surface area contributed by atoms with Crippen LogP contribution in [-0.4, -0.2) is 87.0 Å². The van der Waals surface area contributed by atoms with Gasteiger partial charge in [-0.1, -0.05) is 0 Å². The van der Waals surface area contributed by atoms with Crippen molar-refractivity contribution in [2.75, 3.05) is 63.1 Å². The van der Waals surface area contributed by atoms with Crippen molar-refractivity contribution >= 4 is 34.2 Å². The molecule has 5 aromatic rings. The number of amides is 1. The molecule has 15 heteroatoms. The minimum absolute atomic E-state index is 0.0888. The Hall–Kier alpha value is -4.89. The van der Waals surface area contributed by atoms with Crippen molar-refractivity contribution in [2.24, 2.45) is 12.8 Å². The highest BCUT2D eigenvalue weighted by molar-refractivity contribution is 5.91. The van der Waals surface area contributed by atoms with E-state index in [9.17, 15) is 14.0 Å². The molecule has 0 atom stereocenters. The van der Waals surface area contributed by atoms with Gasteiger partial charge in [-0.15, -0.1) is 0 Å². The van der Waals surface area contributed by atoms with Gasteiger partial charge in [0.05, 0.1) is 30.6 Å². The van der Waals surface area contributed by atoms with E-state index in [1.165, 1.54) is 10.6 Å². The molecular weight excluding hydrogens is 559 g/mol. The van der Waals surface area contributed by atoms with Crippen LogP contribution in [0.2, 0.25) is 0 Å². The molecule has 0 saturated carbocycles. The zero-order valence-electron chi connectivity index (χ0n) is 23.7. The van der Waals surface area contributed by atoms with Gasteiger partial charge in [-0.05, 0) is 30.3 Å². The van der Waals surface area contributed by atoms with Crippen LogP contribution in [0.15, 0.2) is 51.9 Å². The van der Waals surface area contributed by atoms with Gasteiger partial charge in [0.2, 0.25) is 11.9 Å². The van der Waals surface area contributed by atoms with E-state index in [2.05, 4.69) is 20.3 Å². The van der Waals surface area contributed by atoms with E-state index in [4.69, 9.17) is 20.6 Å². The fraction of sp³-hybridized carbons (Fsp3) is 0.357. The number of aromatic nitrogens is 5. The molecule has 5 N–H and O–H groups in total. The largest absolute Gasteiger partial charge is 0.492 e. The Bertz CT molecular complexity index is 1820. The number of rotatable bonds is 10.